The van der Waals surface area contributed by atoms with Gasteiger partial charge in [0.2, 0.25) is 0 Å². The first-order valence-electron chi connectivity index (χ1n) is 9.72. The Bertz CT molecular complexity index is 567. The number of methoxy groups -OCH3 is 1. The van der Waals surface area contributed by atoms with Gasteiger partial charge in [-0.2, -0.15) is 0 Å². The first-order chi connectivity index (χ1) is 12.7. The van der Waals surface area contributed by atoms with Crippen molar-refractivity contribution in [2.45, 2.75) is 19.3 Å². The highest BCUT2D eigenvalue weighted by Crippen LogP contribution is 2.23. The van der Waals surface area contributed by atoms with Crippen molar-refractivity contribution in [2.75, 3.05) is 64.4 Å². The minimum atomic E-state index is -0.363. The van der Waals surface area contributed by atoms with Crippen LogP contribution in [0.15, 0.2) is 24.3 Å². The van der Waals surface area contributed by atoms with E-state index in [9.17, 15) is 4.79 Å². The van der Waals surface area contributed by atoms with Crippen LogP contribution in [0.25, 0.3) is 0 Å². The molecule has 26 heavy (non-hydrogen) atoms. The van der Waals surface area contributed by atoms with Gasteiger partial charge in [0.15, 0.2) is 6.61 Å². The smallest absolute Gasteiger partial charge is 0.343 e. The summed E-state index contributed by atoms with van der Waals surface area (Å²) in [5, 5.41) is 3.44. The third kappa shape index (κ3) is 5.61. The summed E-state index contributed by atoms with van der Waals surface area (Å²) in [5.74, 6) is 1.25. The number of piperidine rings is 1. The van der Waals surface area contributed by atoms with Crippen LogP contribution in [0.5, 0.6) is 5.75 Å². The molecular formula is C20H31N3O3. The van der Waals surface area contributed by atoms with Gasteiger partial charge in [-0.15, -0.1) is 0 Å². The second-order valence-electron chi connectivity index (χ2n) is 7.17. The van der Waals surface area contributed by atoms with Crippen molar-refractivity contribution >= 4 is 11.7 Å². The molecule has 2 heterocycles. The fourth-order valence-electron chi connectivity index (χ4n) is 3.74. The van der Waals surface area contributed by atoms with E-state index < -0.39 is 0 Å². The normalized spacial score (nSPS) is 19.3. The number of hydrogen-bond acceptors (Lipinski definition) is 6. The number of carbonyl (C=O) groups is 1. The van der Waals surface area contributed by atoms with Crippen molar-refractivity contribution < 1.29 is 14.3 Å². The Morgan fingerprint density at radius 1 is 1.19 bits per heavy atom. The molecule has 3 rings (SSSR count). The van der Waals surface area contributed by atoms with Crippen LogP contribution >= 0.6 is 0 Å². The number of hydrogen-bond donors (Lipinski definition) is 1. The molecule has 0 spiro atoms. The van der Waals surface area contributed by atoms with Crippen molar-refractivity contribution in [1.82, 2.24) is 10.2 Å². The standard InChI is InChI=1S/C20H31N3O3/c1-25-20(24)16-26-19-4-2-3-18(15-19)23-13-11-22(12-14-23)10-7-17-5-8-21-9-6-17/h2-4,15,17,21H,5-14,16H2,1H3. The molecule has 0 atom stereocenters. The van der Waals surface area contributed by atoms with E-state index in [0.29, 0.717) is 5.75 Å². The van der Waals surface area contributed by atoms with Crippen LogP contribution in [0.4, 0.5) is 5.69 Å². The van der Waals surface area contributed by atoms with Gasteiger partial charge >= 0.3 is 5.97 Å². The molecule has 6 heteroatoms. The van der Waals surface area contributed by atoms with E-state index >= 15 is 0 Å². The molecule has 0 saturated carbocycles. The average Bonchev–Trinajstić information content (AvgIpc) is 2.72. The summed E-state index contributed by atoms with van der Waals surface area (Å²) in [6.45, 7) is 7.83. The van der Waals surface area contributed by atoms with Crippen LogP contribution < -0.4 is 15.0 Å². The molecule has 6 nitrogen and oxygen atoms in total. The van der Waals surface area contributed by atoms with Crippen molar-refractivity contribution in [3.8, 4) is 5.75 Å². The monoisotopic (exact) mass is 361 g/mol. The van der Waals surface area contributed by atoms with Gasteiger partial charge in [-0.3, -0.25) is 4.90 Å². The van der Waals surface area contributed by atoms with Crippen LogP contribution in [0.2, 0.25) is 0 Å². The van der Waals surface area contributed by atoms with Crippen LogP contribution in [-0.2, 0) is 9.53 Å². The van der Waals surface area contributed by atoms with E-state index in [2.05, 4.69) is 25.9 Å². The number of piperazine rings is 1. The molecule has 0 amide bonds. The highest BCUT2D eigenvalue weighted by molar-refractivity contribution is 5.71. The zero-order valence-electron chi connectivity index (χ0n) is 15.8. The second kappa shape index (κ2) is 9.78. The Hall–Kier alpha value is -1.79. The van der Waals surface area contributed by atoms with E-state index in [-0.39, 0.29) is 12.6 Å². The van der Waals surface area contributed by atoms with Crippen molar-refractivity contribution in [2.24, 2.45) is 5.92 Å². The lowest BCUT2D eigenvalue weighted by atomic mass is 9.94. The molecule has 0 aromatic heterocycles. The number of ether oxygens (including phenoxy) is 2. The molecule has 2 saturated heterocycles. The fraction of sp³-hybridized carbons (Fsp3) is 0.650. The summed E-state index contributed by atoms with van der Waals surface area (Å²) in [6.07, 6.45) is 4.00. The minimum Gasteiger partial charge on any atom is -0.482 e. The van der Waals surface area contributed by atoms with Gasteiger partial charge in [-0.05, 0) is 56.9 Å². The predicted octanol–water partition coefficient (Wildman–Crippen LogP) is 1.75. The maximum Gasteiger partial charge on any atom is 0.343 e. The number of rotatable bonds is 7. The van der Waals surface area contributed by atoms with Crippen LogP contribution in [0.3, 0.4) is 0 Å². The molecular weight excluding hydrogens is 330 g/mol. The maximum absolute atomic E-state index is 11.2. The van der Waals surface area contributed by atoms with Crippen molar-refractivity contribution in [3.63, 3.8) is 0 Å². The summed E-state index contributed by atoms with van der Waals surface area (Å²) >= 11 is 0. The van der Waals surface area contributed by atoms with E-state index in [1.807, 2.05) is 18.2 Å². The van der Waals surface area contributed by atoms with Gasteiger partial charge in [0.05, 0.1) is 7.11 Å². The highest BCUT2D eigenvalue weighted by atomic mass is 16.6. The molecule has 0 aliphatic carbocycles. The molecule has 0 radical (unpaired) electrons. The highest BCUT2D eigenvalue weighted by Gasteiger charge is 2.19. The Morgan fingerprint density at radius 2 is 1.96 bits per heavy atom. The summed E-state index contributed by atoms with van der Waals surface area (Å²) in [5.41, 5.74) is 1.16. The van der Waals surface area contributed by atoms with E-state index in [1.54, 1.807) is 0 Å². The molecule has 1 aromatic carbocycles. The predicted molar refractivity (Wildman–Crippen MR) is 103 cm³/mol. The van der Waals surface area contributed by atoms with Crippen LogP contribution in [0, 0.1) is 5.92 Å². The van der Waals surface area contributed by atoms with E-state index in [1.165, 1.54) is 46.0 Å². The lowest BCUT2D eigenvalue weighted by Gasteiger charge is -2.37. The Balaban J connectivity index is 1.43. The number of esters is 1. The zero-order valence-corrected chi connectivity index (χ0v) is 15.8. The number of nitrogens with one attached hydrogen (secondary N) is 1. The molecule has 1 N–H and O–H groups in total. The molecule has 144 valence electrons. The van der Waals surface area contributed by atoms with Crippen molar-refractivity contribution in [1.29, 1.82) is 0 Å². The SMILES string of the molecule is COC(=O)COc1cccc(N2CCN(CCC3CCNCC3)CC2)c1. The van der Waals surface area contributed by atoms with Gasteiger partial charge in [0, 0.05) is 37.9 Å². The van der Waals surface area contributed by atoms with Crippen molar-refractivity contribution in [3.05, 3.63) is 24.3 Å². The number of anilines is 1. The first kappa shape index (κ1) is 19.0. The van der Waals surface area contributed by atoms with E-state index in [0.717, 1.165) is 37.8 Å². The maximum atomic E-state index is 11.2. The van der Waals surface area contributed by atoms with Gasteiger partial charge < -0.3 is 19.7 Å². The summed E-state index contributed by atoms with van der Waals surface area (Å²) < 4.78 is 10.1. The molecule has 2 aliphatic rings. The lowest BCUT2D eigenvalue weighted by Crippen LogP contribution is -2.47. The third-order valence-corrected chi connectivity index (χ3v) is 5.45. The average molecular weight is 361 g/mol. The molecule has 2 aliphatic heterocycles. The van der Waals surface area contributed by atoms with Crippen LogP contribution in [0.1, 0.15) is 19.3 Å². The second-order valence-corrected chi connectivity index (χ2v) is 7.17. The Kier molecular flexibility index (Phi) is 7.14. The molecule has 2 fully saturated rings. The summed E-state index contributed by atoms with van der Waals surface area (Å²) in [4.78, 5) is 16.2. The van der Waals surface area contributed by atoms with Gasteiger partial charge in [-0.1, -0.05) is 6.07 Å². The molecule has 0 unspecified atom stereocenters. The molecule has 0 bridgehead atoms. The van der Waals surface area contributed by atoms with Gasteiger partial charge in [0.25, 0.3) is 0 Å². The van der Waals surface area contributed by atoms with Gasteiger partial charge in [-0.25, -0.2) is 4.79 Å². The third-order valence-electron chi connectivity index (χ3n) is 5.45. The van der Waals surface area contributed by atoms with Crippen LogP contribution in [-0.4, -0.2) is 70.4 Å². The minimum absolute atomic E-state index is 0.0512. The Morgan fingerprint density at radius 3 is 2.69 bits per heavy atom. The topological polar surface area (TPSA) is 54.0 Å². The summed E-state index contributed by atoms with van der Waals surface area (Å²) in [6, 6.07) is 7.97. The number of nitrogens with zero attached hydrogens (tertiary/aromatic N) is 2. The van der Waals surface area contributed by atoms with E-state index in [4.69, 9.17) is 4.74 Å². The Labute approximate surface area is 156 Å². The molecule has 1 aromatic rings. The largest absolute Gasteiger partial charge is 0.482 e. The number of carbonyl (C=O) groups excluding carboxylic acids is 1. The number of benzene rings is 1. The first-order valence-corrected chi connectivity index (χ1v) is 9.72. The quantitative estimate of drug-likeness (QED) is 0.747. The summed E-state index contributed by atoms with van der Waals surface area (Å²) in [7, 11) is 1.37. The zero-order chi connectivity index (χ0) is 18.2. The fourth-order valence-corrected chi connectivity index (χ4v) is 3.74. The lowest BCUT2D eigenvalue weighted by molar-refractivity contribution is -0.142. The van der Waals surface area contributed by atoms with Gasteiger partial charge in [0.1, 0.15) is 5.75 Å².